The van der Waals surface area contributed by atoms with Gasteiger partial charge in [0.1, 0.15) is 12.1 Å². The summed E-state index contributed by atoms with van der Waals surface area (Å²) in [6.45, 7) is 10.1. The molecule has 0 aliphatic rings. The largest absolute Gasteiger partial charge is 0.303 e. The van der Waals surface area contributed by atoms with Gasteiger partial charge in [-0.05, 0) is 10.8 Å². The van der Waals surface area contributed by atoms with Crippen LogP contribution in [-0.4, -0.2) is 12.1 Å². The summed E-state index contributed by atoms with van der Waals surface area (Å²) < 4.78 is 0. The van der Waals surface area contributed by atoms with Gasteiger partial charge in [-0.15, -0.1) is 0 Å². The highest BCUT2D eigenvalue weighted by molar-refractivity contribution is 5.80. The number of hydrogen-bond acceptors (Lipinski definition) is 2. The molecule has 82 valence electrons. The molecule has 0 aliphatic heterocycles. The molecule has 0 heterocycles. The zero-order valence-corrected chi connectivity index (χ0v) is 10.0. The van der Waals surface area contributed by atoms with Crippen LogP contribution in [0.4, 0.5) is 0 Å². The molecule has 0 aromatic carbocycles. The van der Waals surface area contributed by atoms with Gasteiger partial charge >= 0.3 is 0 Å². The van der Waals surface area contributed by atoms with E-state index in [0.29, 0.717) is 19.3 Å². The molecule has 0 aromatic rings. The maximum absolute atomic E-state index is 11.6. The maximum Gasteiger partial charge on any atom is 0.133 e. The molecule has 0 bridgehead atoms. The highest BCUT2D eigenvalue weighted by Crippen LogP contribution is 2.28. The van der Waals surface area contributed by atoms with Gasteiger partial charge in [0.05, 0.1) is 0 Å². The van der Waals surface area contributed by atoms with Gasteiger partial charge in [-0.2, -0.15) is 0 Å². The van der Waals surface area contributed by atoms with E-state index in [4.69, 9.17) is 0 Å². The minimum absolute atomic E-state index is 0.0499. The number of rotatable bonds is 5. The van der Waals surface area contributed by atoms with E-state index in [1.54, 1.807) is 0 Å². The van der Waals surface area contributed by atoms with Crippen molar-refractivity contribution in [2.45, 2.75) is 53.9 Å². The zero-order chi connectivity index (χ0) is 11.4. The fraction of sp³-hybridized carbons (Fsp3) is 0.833. The van der Waals surface area contributed by atoms with Crippen molar-refractivity contribution in [3.05, 3.63) is 0 Å². The highest BCUT2D eigenvalue weighted by Gasteiger charge is 2.24. The lowest BCUT2D eigenvalue weighted by atomic mass is 9.80. The molecule has 0 radical (unpaired) electrons. The van der Waals surface area contributed by atoms with Crippen LogP contribution in [0.3, 0.4) is 0 Å². The predicted octanol–water partition coefficient (Wildman–Crippen LogP) is 3.00. The molecule has 0 amide bonds. The van der Waals surface area contributed by atoms with Crippen molar-refractivity contribution in [2.75, 3.05) is 0 Å². The normalized spacial score (nSPS) is 12.6. The van der Waals surface area contributed by atoms with Crippen LogP contribution < -0.4 is 0 Å². The van der Waals surface area contributed by atoms with Gasteiger partial charge in [0.25, 0.3) is 0 Å². The Kier molecular flexibility index (Phi) is 4.50. The molecular weight excluding hydrogens is 176 g/mol. The van der Waals surface area contributed by atoms with Gasteiger partial charge < -0.3 is 4.79 Å². The lowest BCUT2D eigenvalue weighted by Gasteiger charge is -2.23. The van der Waals surface area contributed by atoms with Crippen molar-refractivity contribution in [1.29, 1.82) is 0 Å². The second kappa shape index (κ2) is 4.72. The Morgan fingerprint density at radius 3 is 1.93 bits per heavy atom. The average Bonchev–Trinajstić information content (AvgIpc) is 1.78. The van der Waals surface area contributed by atoms with Crippen LogP contribution in [0.1, 0.15) is 53.9 Å². The van der Waals surface area contributed by atoms with E-state index >= 15 is 0 Å². The number of Topliss-reactive ketones (excluding diaryl/α,β-unsaturated/α-hetero) is 1. The predicted molar refractivity (Wildman–Crippen MR) is 58.2 cm³/mol. The molecular formula is C12H22O2. The first-order chi connectivity index (χ1) is 6.16. The second-order valence-corrected chi connectivity index (χ2v) is 5.99. The van der Waals surface area contributed by atoms with Crippen LogP contribution in [-0.2, 0) is 9.59 Å². The van der Waals surface area contributed by atoms with Crippen LogP contribution >= 0.6 is 0 Å². The van der Waals surface area contributed by atoms with Crippen LogP contribution in [0.5, 0.6) is 0 Å². The molecule has 0 unspecified atom stereocenters. The molecule has 0 saturated carbocycles. The van der Waals surface area contributed by atoms with Crippen LogP contribution in [0.15, 0.2) is 0 Å². The number of ketones is 1. The number of carbonyl (C=O) groups excluding carboxylic acids is 2. The van der Waals surface area contributed by atoms with E-state index in [0.717, 1.165) is 6.29 Å². The first kappa shape index (κ1) is 13.3. The Balaban J connectivity index is 4.12. The molecule has 0 N–H and O–H groups in total. The van der Waals surface area contributed by atoms with E-state index in [9.17, 15) is 9.59 Å². The summed E-state index contributed by atoms with van der Waals surface area (Å²) in [5.41, 5.74) is -0.127. The third-order valence-corrected chi connectivity index (χ3v) is 2.04. The maximum atomic E-state index is 11.6. The lowest BCUT2D eigenvalue weighted by Crippen LogP contribution is -2.21. The van der Waals surface area contributed by atoms with E-state index < -0.39 is 0 Å². The van der Waals surface area contributed by atoms with Crippen molar-refractivity contribution in [3.63, 3.8) is 0 Å². The monoisotopic (exact) mass is 198 g/mol. The van der Waals surface area contributed by atoms with Gasteiger partial charge in [-0.3, -0.25) is 4.79 Å². The first-order valence-corrected chi connectivity index (χ1v) is 5.12. The molecule has 2 nitrogen and oxygen atoms in total. The van der Waals surface area contributed by atoms with Crippen molar-refractivity contribution < 1.29 is 9.59 Å². The summed E-state index contributed by atoms with van der Waals surface area (Å²) in [6, 6.07) is 0. The zero-order valence-electron chi connectivity index (χ0n) is 10.0. The number of aldehydes is 1. The molecule has 0 aliphatic carbocycles. The van der Waals surface area contributed by atoms with Crippen molar-refractivity contribution in [2.24, 2.45) is 10.8 Å². The average molecular weight is 198 g/mol. The van der Waals surface area contributed by atoms with Crippen LogP contribution in [0.2, 0.25) is 0 Å². The fourth-order valence-electron chi connectivity index (χ4n) is 1.49. The fourth-order valence-corrected chi connectivity index (χ4v) is 1.49. The summed E-state index contributed by atoms with van der Waals surface area (Å²) in [4.78, 5) is 22.0. The minimum atomic E-state index is -0.177. The first-order valence-electron chi connectivity index (χ1n) is 5.12. The molecule has 0 atom stereocenters. The van der Waals surface area contributed by atoms with E-state index in [1.165, 1.54) is 0 Å². The third-order valence-electron chi connectivity index (χ3n) is 2.04. The lowest BCUT2D eigenvalue weighted by molar-refractivity contribution is -0.123. The number of hydrogen-bond donors (Lipinski definition) is 0. The SMILES string of the molecule is CC(C)(C)CC(=O)CC(C)(C)CC=O. The summed E-state index contributed by atoms with van der Waals surface area (Å²) in [7, 11) is 0. The van der Waals surface area contributed by atoms with Crippen molar-refractivity contribution in [1.82, 2.24) is 0 Å². The van der Waals surface area contributed by atoms with Gasteiger partial charge in [0.15, 0.2) is 0 Å². The van der Waals surface area contributed by atoms with Crippen molar-refractivity contribution >= 4 is 12.1 Å². The molecule has 0 fully saturated rings. The topological polar surface area (TPSA) is 34.1 Å². The van der Waals surface area contributed by atoms with Gasteiger partial charge in [0.2, 0.25) is 0 Å². The van der Waals surface area contributed by atoms with E-state index in [1.807, 2.05) is 13.8 Å². The van der Waals surface area contributed by atoms with E-state index in [2.05, 4.69) is 20.8 Å². The second-order valence-electron chi connectivity index (χ2n) is 5.99. The van der Waals surface area contributed by atoms with Gasteiger partial charge in [-0.1, -0.05) is 34.6 Å². The molecule has 2 heteroatoms. The molecule has 0 spiro atoms. The van der Waals surface area contributed by atoms with Crippen LogP contribution in [0.25, 0.3) is 0 Å². The summed E-state index contributed by atoms with van der Waals surface area (Å²) in [5.74, 6) is 0.254. The molecule has 0 saturated heterocycles. The Morgan fingerprint density at radius 2 is 1.57 bits per heavy atom. The molecule has 0 rings (SSSR count). The minimum Gasteiger partial charge on any atom is -0.303 e. The Hall–Kier alpha value is -0.660. The number of carbonyl (C=O) groups is 2. The smallest absolute Gasteiger partial charge is 0.133 e. The van der Waals surface area contributed by atoms with Gasteiger partial charge in [-0.25, -0.2) is 0 Å². The Bertz CT molecular complexity index is 209. The summed E-state index contributed by atoms with van der Waals surface area (Å²) >= 11 is 0. The summed E-state index contributed by atoms with van der Waals surface area (Å²) in [6.07, 6.45) is 2.45. The van der Waals surface area contributed by atoms with E-state index in [-0.39, 0.29) is 16.6 Å². The standard InChI is InChI=1S/C12H22O2/c1-11(2,3)8-10(14)9-12(4,5)6-7-13/h7H,6,8-9H2,1-5H3. The summed E-state index contributed by atoms with van der Waals surface area (Å²) in [5, 5.41) is 0. The molecule has 14 heavy (non-hydrogen) atoms. The van der Waals surface area contributed by atoms with Crippen LogP contribution in [0, 0.1) is 10.8 Å². The Labute approximate surface area is 87.1 Å². The highest BCUT2D eigenvalue weighted by atomic mass is 16.1. The third kappa shape index (κ3) is 6.81. The Morgan fingerprint density at radius 1 is 1.07 bits per heavy atom. The quantitative estimate of drug-likeness (QED) is 0.636. The molecule has 0 aromatic heterocycles. The van der Waals surface area contributed by atoms with Gasteiger partial charge in [0, 0.05) is 19.3 Å². The van der Waals surface area contributed by atoms with Crippen molar-refractivity contribution in [3.8, 4) is 0 Å².